The van der Waals surface area contributed by atoms with E-state index in [1.54, 1.807) is 0 Å². The van der Waals surface area contributed by atoms with Crippen molar-refractivity contribution in [1.29, 1.82) is 0 Å². The molecule has 0 bridgehead atoms. The number of hydrogen-bond donors (Lipinski definition) is 0. The summed E-state index contributed by atoms with van der Waals surface area (Å²) in [4.78, 5) is 24.1. The maximum atomic E-state index is 10.9. The second-order valence-corrected chi connectivity index (χ2v) is 7.82. The van der Waals surface area contributed by atoms with Gasteiger partial charge in [-0.2, -0.15) is 0 Å². The molecule has 0 amide bonds. The summed E-state index contributed by atoms with van der Waals surface area (Å²) in [7, 11) is 0. The van der Waals surface area contributed by atoms with Crippen molar-refractivity contribution in [3.63, 3.8) is 0 Å². The van der Waals surface area contributed by atoms with Crippen LogP contribution in [0.5, 0.6) is 0 Å². The van der Waals surface area contributed by atoms with Crippen molar-refractivity contribution in [2.24, 2.45) is 0 Å². The molecule has 1 aromatic carbocycles. The van der Waals surface area contributed by atoms with E-state index in [-0.39, 0.29) is 65.3 Å². The van der Waals surface area contributed by atoms with Gasteiger partial charge in [0.1, 0.15) is 0 Å². The smallest absolute Gasteiger partial charge is 0.832 e. The van der Waals surface area contributed by atoms with Gasteiger partial charge in [0.15, 0.2) is 0 Å². The summed E-state index contributed by atoms with van der Waals surface area (Å²) in [5.74, 6) is 0. The average Bonchev–Trinajstić information content (AvgIpc) is 2.27. The first-order valence-electron chi connectivity index (χ1n) is 5.85. The van der Waals surface area contributed by atoms with Crippen molar-refractivity contribution in [3.8, 4) is 0 Å². The SMILES string of the molecule is [Na+].[Na+].[O-]P([O-])(=S)CCCN1CCc2ccccc2C1. The van der Waals surface area contributed by atoms with Gasteiger partial charge in [0.05, 0.1) is 0 Å². The minimum Gasteiger partial charge on any atom is -0.832 e. The Labute approximate surface area is 164 Å². The van der Waals surface area contributed by atoms with E-state index in [0.29, 0.717) is 6.42 Å². The molecule has 0 unspecified atom stereocenters. The van der Waals surface area contributed by atoms with Gasteiger partial charge in [0.25, 0.3) is 0 Å². The molecule has 0 aromatic heterocycles. The van der Waals surface area contributed by atoms with Gasteiger partial charge in [-0.1, -0.05) is 24.3 Å². The molecule has 7 heteroatoms. The van der Waals surface area contributed by atoms with E-state index < -0.39 is 6.49 Å². The third kappa shape index (κ3) is 7.53. The molecule has 2 rings (SSSR count). The topological polar surface area (TPSA) is 49.4 Å². The van der Waals surface area contributed by atoms with Gasteiger partial charge >= 0.3 is 59.1 Å². The van der Waals surface area contributed by atoms with Crippen molar-refractivity contribution >= 4 is 18.3 Å². The normalized spacial score (nSPS) is 15.1. The largest absolute Gasteiger partial charge is 1.00 e. The second kappa shape index (κ2) is 9.70. The molecule has 1 heterocycles. The minimum atomic E-state index is -3.49. The Bertz CT molecular complexity index is 441. The Hall–Kier alpha value is 1.75. The van der Waals surface area contributed by atoms with Crippen LogP contribution in [-0.2, 0) is 24.8 Å². The van der Waals surface area contributed by atoms with Crippen LogP contribution in [0.3, 0.4) is 0 Å². The zero-order chi connectivity index (χ0) is 12.3. The standard InChI is InChI=1S/C12H18NO2PS.2Na/c14-16(15,17)9-3-7-13-8-6-11-4-1-2-5-12(11)10-13;;/h1-2,4-5H,3,6-10H2,(H2,14,15,17);;/q;2*+1/p-2. The number of benzene rings is 1. The van der Waals surface area contributed by atoms with Gasteiger partial charge in [-0.05, 0) is 36.7 Å². The summed E-state index contributed by atoms with van der Waals surface area (Å²) in [6.07, 6.45) is 1.84. The van der Waals surface area contributed by atoms with E-state index in [2.05, 4.69) is 41.0 Å². The van der Waals surface area contributed by atoms with Gasteiger partial charge in [-0.3, -0.25) is 4.90 Å². The third-order valence-corrected chi connectivity index (χ3v) is 4.53. The average molecular weight is 315 g/mol. The Kier molecular flexibility index (Phi) is 10.6. The fourth-order valence-electron chi connectivity index (χ4n) is 2.23. The van der Waals surface area contributed by atoms with Crippen LogP contribution in [0.1, 0.15) is 17.5 Å². The van der Waals surface area contributed by atoms with E-state index in [4.69, 9.17) is 0 Å². The maximum Gasteiger partial charge on any atom is 1.00 e. The molecule has 0 fully saturated rings. The molecule has 0 N–H and O–H groups in total. The second-order valence-electron chi connectivity index (χ2n) is 4.48. The summed E-state index contributed by atoms with van der Waals surface area (Å²) < 4.78 is 0. The van der Waals surface area contributed by atoms with Gasteiger partial charge in [0, 0.05) is 13.1 Å². The zero-order valence-corrected chi connectivity index (χ0v) is 17.4. The predicted molar refractivity (Wildman–Crippen MR) is 69.2 cm³/mol. The number of nitrogens with zero attached hydrogens (tertiary/aromatic N) is 1. The molecular weight excluding hydrogens is 299 g/mol. The summed E-state index contributed by atoms with van der Waals surface area (Å²) in [6.45, 7) is -0.737. The molecule has 0 saturated heterocycles. The number of fused-ring (bicyclic) bond motifs is 1. The molecule has 0 atom stereocenters. The molecule has 3 nitrogen and oxygen atoms in total. The monoisotopic (exact) mass is 315 g/mol. The molecule has 0 radical (unpaired) electrons. The molecule has 19 heavy (non-hydrogen) atoms. The van der Waals surface area contributed by atoms with Crippen LogP contribution in [0, 0.1) is 0 Å². The molecule has 94 valence electrons. The maximum absolute atomic E-state index is 10.9. The summed E-state index contributed by atoms with van der Waals surface area (Å²) >= 11 is 4.40. The summed E-state index contributed by atoms with van der Waals surface area (Å²) in [5.41, 5.74) is 2.78. The minimum absolute atomic E-state index is 0. The van der Waals surface area contributed by atoms with E-state index in [1.807, 2.05) is 0 Å². The molecular formula is C12H16NNa2O2PS. The predicted octanol–water partition coefficient (Wildman–Crippen LogP) is -5.53. The van der Waals surface area contributed by atoms with Gasteiger partial charge in [-0.25, -0.2) is 6.49 Å². The van der Waals surface area contributed by atoms with Gasteiger partial charge < -0.3 is 9.79 Å². The summed E-state index contributed by atoms with van der Waals surface area (Å²) in [6, 6.07) is 8.44. The molecule has 1 aliphatic heterocycles. The van der Waals surface area contributed by atoms with Crippen LogP contribution in [0.25, 0.3) is 0 Å². The summed E-state index contributed by atoms with van der Waals surface area (Å²) in [5, 5.41) is 0. The van der Waals surface area contributed by atoms with Gasteiger partial charge in [0.2, 0.25) is 0 Å². The van der Waals surface area contributed by atoms with Crippen LogP contribution in [0.2, 0.25) is 0 Å². The zero-order valence-electron chi connectivity index (χ0n) is 11.7. The first kappa shape index (κ1) is 20.8. The van der Waals surface area contributed by atoms with Crippen LogP contribution >= 0.6 is 6.49 Å². The van der Waals surface area contributed by atoms with Crippen LogP contribution in [0.15, 0.2) is 24.3 Å². The number of hydrogen-bond acceptors (Lipinski definition) is 4. The van der Waals surface area contributed by atoms with E-state index in [9.17, 15) is 9.79 Å². The molecule has 0 saturated carbocycles. The van der Waals surface area contributed by atoms with E-state index in [1.165, 1.54) is 11.1 Å². The van der Waals surface area contributed by atoms with Crippen LogP contribution < -0.4 is 68.9 Å². The van der Waals surface area contributed by atoms with E-state index in [0.717, 1.165) is 26.1 Å². The fraction of sp³-hybridized carbons (Fsp3) is 0.500. The van der Waals surface area contributed by atoms with Gasteiger partial charge in [-0.15, -0.1) is 11.8 Å². The van der Waals surface area contributed by atoms with Crippen molar-refractivity contribution in [2.75, 3.05) is 19.3 Å². The molecule has 0 spiro atoms. The Morgan fingerprint density at radius 3 is 2.42 bits per heavy atom. The molecule has 1 aromatic rings. The first-order valence-corrected chi connectivity index (χ1v) is 8.67. The van der Waals surface area contributed by atoms with Crippen LogP contribution in [-0.4, -0.2) is 24.2 Å². The Balaban J connectivity index is 0.00000162. The third-order valence-electron chi connectivity index (χ3n) is 3.12. The van der Waals surface area contributed by atoms with E-state index >= 15 is 0 Å². The quantitative estimate of drug-likeness (QED) is 0.411. The van der Waals surface area contributed by atoms with Crippen molar-refractivity contribution in [3.05, 3.63) is 35.4 Å². The van der Waals surface area contributed by atoms with Crippen molar-refractivity contribution in [1.82, 2.24) is 4.90 Å². The van der Waals surface area contributed by atoms with Crippen molar-refractivity contribution < 1.29 is 68.9 Å². The van der Waals surface area contributed by atoms with Crippen molar-refractivity contribution in [2.45, 2.75) is 19.4 Å². The fourth-order valence-corrected chi connectivity index (χ4v) is 3.15. The molecule has 1 aliphatic rings. The van der Waals surface area contributed by atoms with Crippen LogP contribution in [0.4, 0.5) is 0 Å². The Morgan fingerprint density at radius 2 is 1.79 bits per heavy atom. The number of rotatable bonds is 4. The molecule has 0 aliphatic carbocycles. The Morgan fingerprint density at radius 1 is 1.16 bits per heavy atom. The first-order chi connectivity index (χ1) is 8.04.